The van der Waals surface area contributed by atoms with Gasteiger partial charge in [0.05, 0.1) is 17.6 Å². The van der Waals surface area contributed by atoms with E-state index in [1.54, 1.807) is 4.57 Å². The van der Waals surface area contributed by atoms with E-state index >= 15 is 0 Å². The Kier molecular flexibility index (Phi) is 4.69. The van der Waals surface area contributed by atoms with Gasteiger partial charge in [-0.25, -0.2) is 14.8 Å². The lowest BCUT2D eigenvalue weighted by Crippen LogP contribution is -2.10. The summed E-state index contributed by atoms with van der Waals surface area (Å²) in [5.41, 5.74) is 11.2. The molecule has 0 radical (unpaired) electrons. The van der Waals surface area contributed by atoms with Crippen LogP contribution in [0.2, 0.25) is 0 Å². The first-order valence-corrected chi connectivity index (χ1v) is 9.47. The number of aryl methyl sites for hydroxylation is 1. The Labute approximate surface area is 163 Å². The summed E-state index contributed by atoms with van der Waals surface area (Å²) in [4.78, 5) is 22.2. The van der Waals surface area contributed by atoms with Crippen molar-refractivity contribution < 1.29 is 9.53 Å². The fourth-order valence-electron chi connectivity index (χ4n) is 3.27. The molecule has 2 heterocycles. The van der Waals surface area contributed by atoms with Crippen LogP contribution in [0.15, 0.2) is 48.5 Å². The number of aromatic nitrogens is 3. The van der Waals surface area contributed by atoms with Crippen LogP contribution in [-0.2, 0) is 11.2 Å². The summed E-state index contributed by atoms with van der Waals surface area (Å²) in [6, 6.07) is 15.6. The number of carbonyl (C=O) groups excluding carboxylic acids is 1. The van der Waals surface area contributed by atoms with Crippen LogP contribution in [-0.4, -0.2) is 27.1 Å². The molecule has 28 heavy (non-hydrogen) atoms. The van der Waals surface area contributed by atoms with Crippen molar-refractivity contribution in [2.75, 3.05) is 12.3 Å². The molecule has 2 aromatic carbocycles. The number of anilines is 1. The molecule has 0 spiro atoms. The summed E-state index contributed by atoms with van der Waals surface area (Å²) in [5.74, 6) is -0.187. The number of benzene rings is 2. The van der Waals surface area contributed by atoms with Crippen molar-refractivity contribution in [3.8, 4) is 5.69 Å². The Bertz CT molecular complexity index is 1160. The maximum Gasteiger partial charge on any atom is 0.344 e. The van der Waals surface area contributed by atoms with E-state index in [0.717, 1.165) is 24.0 Å². The van der Waals surface area contributed by atoms with Crippen LogP contribution in [0.25, 0.3) is 27.9 Å². The highest BCUT2D eigenvalue weighted by Gasteiger charge is 2.25. The average Bonchev–Trinajstić information content (AvgIpc) is 3.01. The maximum absolute atomic E-state index is 12.7. The molecule has 0 aliphatic carbocycles. The number of hydrogen-bond acceptors (Lipinski definition) is 5. The van der Waals surface area contributed by atoms with E-state index in [9.17, 15) is 4.79 Å². The summed E-state index contributed by atoms with van der Waals surface area (Å²) < 4.78 is 7.14. The van der Waals surface area contributed by atoms with E-state index in [4.69, 9.17) is 15.5 Å². The summed E-state index contributed by atoms with van der Waals surface area (Å²) in [5, 5.41) is 0. The predicted molar refractivity (Wildman–Crippen MR) is 111 cm³/mol. The number of nitrogens with zero attached hydrogens (tertiary/aromatic N) is 3. The third-order valence-corrected chi connectivity index (χ3v) is 4.74. The molecule has 0 fully saturated rings. The summed E-state index contributed by atoms with van der Waals surface area (Å²) in [6.07, 6.45) is 1.68. The summed E-state index contributed by atoms with van der Waals surface area (Å²) in [7, 11) is 0. The molecular weight excluding hydrogens is 352 g/mol. The highest BCUT2D eigenvalue weighted by molar-refractivity contribution is 6.09. The van der Waals surface area contributed by atoms with Crippen molar-refractivity contribution in [1.29, 1.82) is 0 Å². The van der Waals surface area contributed by atoms with Gasteiger partial charge in [0.25, 0.3) is 0 Å². The molecule has 0 saturated heterocycles. The third-order valence-electron chi connectivity index (χ3n) is 4.74. The number of fused-ring (bicyclic) bond motifs is 2. The van der Waals surface area contributed by atoms with Gasteiger partial charge < -0.3 is 10.5 Å². The van der Waals surface area contributed by atoms with Crippen LogP contribution in [0.3, 0.4) is 0 Å². The van der Waals surface area contributed by atoms with E-state index in [0.29, 0.717) is 23.3 Å². The van der Waals surface area contributed by atoms with Crippen LogP contribution >= 0.6 is 0 Å². The third kappa shape index (κ3) is 2.97. The van der Waals surface area contributed by atoms with Crippen LogP contribution in [0, 0.1) is 0 Å². The molecular formula is C22H22N4O2. The van der Waals surface area contributed by atoms with Crippen LogP contribution in [0.4, 0.5) is 5.82 Å². The lowest BCUT2D eigenvalue weighted by Gasteiger charge is -2.09. The predicted octanol–water partition coefficient (Wildman–Crippen LogP) is 4.29. The first kappa shape index (κ1) is 18.0. The van der Waals surface area contributed by atoms with Gasteiger partial charge in [-0.3, -0.25) is 4.57 Å². The SMILES string of the molecule is CCCOC(=O)c1c(N)n(-c2ccc(CC)cc2)c2nc3ccccc3nc12. The van der Waals surface area contributed by atoms with E-state index in [1.165, 1.54) is 5.56 Å². The number of nitrogen functional groups attached to an aromatic ring is 1. The Hall–Kier alpha value is -3.41. The first-order chi connectivity index (χ1) is 13.6. The number of nitrogens with two attached hydrogens (primary N) is 1. The van der Waals surface area contributed by atoms with Gasteiger partial charge in [-0.15, -0.1) is 0 Å². The number of ether oxygens (including phenoxy) is 1. The van der Waals surface area contributed by atoms with Crippen LogP contribution < -0.4 is 5.73 Å². The fraction of sp³-hybridized carbons (Fsp3) is 0.227. The smallest absolute Gasteiger partial charge is 0.344 e. The van der Waals surface area contributed by atoms with Crippen molar-refractivity contribution in [2.45, 2.75) is 26.7 Å². The highest BCUT2D eigenvalue weighted by Crippen LogP contribution is 2.31. The molecule has 0 amide bonds. The van der Waals surface area contributed by atoms with E-state index < -0.39 is 5.97 Å². The quantitative estimate of drug-likeness (QED) is 0.527. The van der Waals surface area contributed by atoms with E-state index in [-0.39, 0.29) is 11.4 Å². The zero-order valence-corrected chi connectivity index (χ0v) is 16.0. The Balaban J connectivity index is 2.00. The number of para-hydroxylation sites is 2. The van der Waals surface area contributed by atoms with Gasteiger partial charge in [-0.05, 0) is 42.7 Å². The zero-order chi connectivity index (χ0) is 19.7. The number of hydrogen-bond donors (Lipinski definition) is 1. The number of esters is 1. The first-order valence-electron chi connectivity index (χ1n) is 9.47. The largest absolute Gasteiger partial charge is 0.462 e. The van der Waals surface area contributed by atoms with E-state index in [2.05, 4.69) is 11.9 Å². The molecule has 0 aliphatic rings. The van der Waals surface area contributed by atoms with Gasteiger partial charge in [-0.1, -0.05) is 38.1 Å². The van der Waals surface area contributed by atoms with Gasteiger partial charge >= 0.3 is 5.97 Å². The van der Waals surface area contributed by atoms with Gasteiger partial charge in [0.1, 0.15) is 16.9 Å². The van der Waals surface area contributed by atoms with Crippen molar-refractivity contribution in [2.24, 2.45) is 0 Å². The normalized spacial score (nSPS) is 11.2. The molecule has 4 aromatic rings. The van der Waals surface area contributed by atoms with Crippen molar-refractivity contribution in [3.63, 3.8) is 0 Å². The zero-order valence-electron chi connectivity index (χ0n) is 16.0. The topological polar surface area (TPSA) is 83.0 Å². The van der Waals surface area contributed by atoms with Gasteiger partial charge in [0, 0.05) is 5.69 Å². The lowest BCUT2D eigenvalue weighted by atomic mass is 10.1. The maximum atomic E-state index is 12.7. The summed E-state index contributed by atoms with van der Waals surface area (Å²) in [6.45, 7) is 4.38. The molecule has 4 rings (SSSR count). The Morgan fingerprint density at radius 2 is 1.71 bits per heavy atom. The van der Waals surface area contributed by atoms with Gasteiger partial charge in [0.15, 0.2) is 5.65 Å². The molecule has 2 N–H and O–H groups in total. The molecule has 2 aromatic heterocycles. The van der Waals surface area contributed by atoms with Crippen LogP contribution in [0.5, 0.6) is 0 Å². The molecule has 0 saturated carbocycles. The number of rotatable bonds is 5. The minimum atomic E-state index is -0.474. The Morgan fingerprint density at radius 1 is 1.04 bits per heavy atom. The fourth-order valence-corrected chi connectivity index (χ4v) is 3.27. The lowest BCUT2D eigenvalue weighted by molar-refractivity contribution is 0.0508. The molecule has 6 heteroatoms. The molecule has 0 bridgehead atoms. The molecule has 0 unspecified atom stereocenters. The minimum absolute atomic E-state index is 0.265. The number of carbonyl (C=O) groups is 1. The monoisotopic (exact) mass is 374 g/mol. The van der Waals surface area contributed by atoms with Crippen molar-refractivity contribution in [3.05, 3.63) is 59.7 Å². The van der Waals surface area contributed by atoms with Crippen molar-refractivity contribution >= 4 is 34.0 Å². The average molecular weight is 374 g/mol. The second kappa shape index (κ2) is 7.31. The molecule has 0 atom stereocenters. The van der Waals surface area contributed by atoms with Crippen LogP contribution in [0.1, 0.15) is 36.2 Å². The van der Waals surface area contributed by atoms with Crippen molar-refractivity contribution in [1.82, 2.24) is 14.5 Å². The molecule has 142 valence electrons. The second-order valence-corrected chi connectivity index (χ2v) is 6.64. The highest BCUT2D eigenvalue weighted by atomic mass is 16.5. The standard InChI is InChI=1S/C22H22N4O2/c1-3-13-28-22(27)18-19-21(25-17-8-6-5-7-16(17)24-19)26(20(18)23)15-11-9-14(4-2)10-12-15/h5-12H,3-4,13,23H2,1-2H3. The minimum Gasteiger partial charge on any atom is -0.462 e. The second-order valence-electron chi connectivity index (χ2n) is 6.64. The van der Waals surface area contributed by atoms with Gasteiger partial charge in [-0.2, -0.15) is 0 Å². The molecule has 6 nitrogen and oxygen atoms in total. The molecule has 0 aliphatic heterocycles. The van der Waals surface area contributed by atoms with E-state index in [1.807, 2.05) is 55.5 Å². The summed E-state index contributed by atoms with van der Waals surface area (Å²) >= 11 is 0. The van der Waals surface area contributed by atoms with Gasteiger partial charge in [0.2, 0.25) is 0 Å². The Morgan fingerprint density at radius 3 is 2.36 bits per heavy atom.